The van der Waals surface area contributed by atoms with Crippen molar-refractivity contribution in [2.75, 3.05) is 33.4 Å². The first-order valence-electron chi connectivity index (χ1n) is 6.94. The van der Waals surface area contributed by atoms with Gasteiger partial charge in [0, 0.05) is 25.2 Å². The summed E-state index contributed by atoms with van der Waals surface area (Å²) in [6.45, 7) is 3.98. The summed E-state index contributed by atoms with van der Waals surface area (Å²) in [5, 5.41) is 3.65. The van der Waals surface area contributed by atoms with Crippen LogP contribution >= 0.6 is 0 Å². The van der Waals surface area contributed by atoms with Crippen molar-refractivity contribution in [2.24, 2.45) is 0 Å². The number of fused-ring (bicyclic) bond motifs is 1. The summed E-state index contributed by atoms with van der Waals surface area (Å²) in [5.41, 5.74) is 2.99. The molecular weight excluding hydrogens is 224 g/mol. The second-order valence-corrected chi connectivity index (χ2v) is 5.41. The zero-order valence-electron chi connectivity index (χ0n) is 11.1. The summed E-state index contributed by atoms with van der Waals surface area (Å²) in [4.78, 5) is 2.45. The fourth-order valence-corrected chi connectivity index (χ4v) is 3.06. The minimum Gasteiger partial charge on any atom is -0.380 e. The molecule has 1 aromatic carbocycles. The number of nitrogens with zero attached hydrogens (tertiary/aromatic N) is 1. The minimum atomic E-state index is 0.473. The highest BCUT2D eigenvalue weighted by atomic mass is 16.5. The van der Waals surface area contributed by atoms with Crippen LogP contribution in [0.4, 0.5) is 0 Å². The SMILES string of the molecule is CN(CC1NCCc2ccccc21)C1CCOC1. The molecule has 18 heavy (non-hydrogen) atoms. The Bertz CT molecular complexity index is 401. The van der Waals surface area contributed by atoms with Gasteiger partial charge in [0.15, 0.2) is 0 Å². The molecule has 3 rings (SSSR count). The van der Waals surface area contributed by atoms with E-state index in [1.165, 1.54) is 17.5 Å². The first-order valence-corrected chi connectivity index (χ1v) is 6.94. The van der Waals surface area contributed by atoms with Crippen molar-refractivity contribution in [3.8, 4) is 0 Å². The second-order valence-electron chi connectivity index (χ2n) is 5.41. The van der Waals surface area contributed by atoms with E-state index in [2.05, 4.69) is 41.5 Å². The lowest BCUT2D eigenvalue weighted by atomic mass is 9.94. The molecule has 1 aromatic rings. The van der Waals surface area contributed by atoms with Gasteiger partial charge in [0.25, 0.3) is 0 Å². The predicted molar refractivity (Wildman–Crippen MR) is 72.7 cm³/mol. The number of benzene rings is 1. The number of ether oxygens (including phenoxy) is 1. The van der Waals surface area contributed by atoms with Gasteiger partial charge in [0.05, 0.1) is 6.61 Å². The molecule has 1 N–H and O–H groups in total. The van der Waals surface area contributed by atoms with Crippen molar-refractivity contribution >= 4 is 0 Å². The van der Waals surface area contributed by atoms with Crippen molar-refractivity contribution in [2.45, 2.75) is 24.9 Å². The monoisotopic (exact) mass is 246 g/mol. The van der Waals surface area contributed by atoms with Crippen LogP contribution in [0.1, 0.15) is 23.6 Å². The lowest BCUT2D eigenvalue weighted by molar-refractivity contribution is 0.152. The van der Waals surface area contributed by atoms with Crippen LogP contribution in [0.15, 0.2) is 24.3 Å². The third-order valence-corrected chi connectivity index (χ3v) is 4.22. The summed E-state index contributed by atoms with van der Waals surface area (Å²) in [6, 6.07) is 9.90. The quantitative estimate of drug-likeness (QED) is 0.876. The molecule has 2 atom stereocenters. The van der Waals surface area contributed by atoms with Crippen molar-refractivity contribution in [1.82, 2.24) is 10.2 Å². The summed E-state index contributed by atoms with van der Waals surface area (Å²) in [6.07, 6.45) is 2.33. The van der Waals surface area contributed by atoms with Gasteiger partial charge in [0.1, 0.15) is 0 Å². The van der Waals surface area contributed by atoms with Gasteiger partial charge in [-0.3, -0.25) is 4.90 Å². The lowest BCUT2D eigenvalue weighted by Gasteiger charge is -2.32. The van der Waals surface area contributed by atoms with E-state index >= 15 is 0 Å². The van der Waals surface area contributed by atoms with Gasteiger partial charge in [-0.1, -0.05) is 24.3 Å². The molecular formula is C15H22N2O. The highest BCUT2D eigenvalue weighted by Gasteiger charge is 2.25. The molecule has 2 aliphatic rings. The minimum absolute atomic E-state index is 0.473. The Morgan fingerprint density at radius 2 is 2.28 bits per heavy atom. The first kappa shape index (κ1) is 12.2. The summed E-state index contributed by atoms with van der Waals surface area (Å²) in [5.74, 6) is 0. The normalized spacial score (nSPS) is 27.4. The van der Waals surface area contributed by atoms with E-state index in [9.17, 15) is 0 Å². The van der Waals surface area contributed by atoms with E-state index in [1.54, 1.807) is 0 Å². The Labute approximate surface area is 109 Å². The summed E-state index contributed by atoms with van der Waals surface area (Å²) < 4.78 is 5.47. The summed E-state index contributed by atoms with van der Waals surface area (Å²) >= 11 is 0. The molecule has 0 aromatic heterocycles. The maximum Gasteiger partial charge on any atom is 0.0622 e. The molecule has 0 saturated carbocycles. The van der Waals surface area contributed by atoms with Crippen LogP contribution in [0.3, 0.4) is 0 Å². The van der Waals surface area contributed by atoms with E-state index in [0.29, 0.717) is 12.1 Å². The second kappa shape index (κ2) is 5.39. The fourth-order valence-electron chi connectivity index (χ4n) is 3.06. The Balaban J connectivity index is 1.70. The smallest absolute Gasteiger partial charge is 0.0622 e. The van der Waals surface area contributed by atoms with Crippen molar-refractivity contribution in [1.29, 1.82) is 0 Å². The fraction of sp³-hybridized carbons (Fsp3) is 0.600. The maximum absolute atomic E-state index is 5.47. The third-order valence-electron chi connectivity index (χ3n) is 4.22. The van der Waals surface area contributed by atoms with E-state index in [0.717, 1.165) is 32.7 Å². The molecule has 3 nitrogen and oxygen atoms in total. The van der Waals surface area contributed by atoms with Crippen LogP contribution in [0.2, 0.25) is 0 Å². The molecule has 0 aliphatic carbocycles. The third kappa shape index (κ3) is 2.44. The van der Waals surface area contributed by atoms with Gasteiger partial charge in [0.2, 0.25) is 0 Å². The lowest BCUT2D eigenvalue weighted by Crippen LogP contribution is -2.41. The van der Waals surface area contributed by atoms with Crippen LogP contribution in [-0.4, -0.2) is 44.3 Å². The van der Waals surface area contributed by atoms with Crippen molar-refractivity contribution in [3.63, 3.8) is 0 Å². The molecule has 0 spiro atoms. The zero-order valence-corrected chi connectivity index (χ0v) is 11.1. The average molecular weight is 246 g/mol. The number of likely N-dealkylation sites (N-methyl/N-ethyl adjacent to an activating group) is 1. The van der Waals surface area contributed by atoms with E-state index in [1.807, 2.05) is 0 Å². The summed E-state index contributed by atoms with van der Waals surface area (Å²) in [7, 11) is 2.22. The number of hydrogen-bond acceptors (Lipinski definition) is 3. The molecule has 0 radical (unpaired) electrons. The highest BCUT2D eigenvalue weighted by Crippen LogP contribution is 2.24. The van der Waals surface area contributed by atoms with E-state index in [-0.39, 0.29) is 0 Å². The van der Waals surface area contributed by atoms with Gasteiger partial charge in [-0.05, 0) is 37.6 Å². The van der Waals surface area contributed by atoms with Gasteiger partial charge in [-0.25, -0.2) is 0 Å². The number of nitrogens with one attached hydrogen (secondary N) is 1. The number of rotatable bonds is 3. The Hall–Kier alpha value is -0.900. The topological polar surface area (TPSA) is 24.5 Å². The van der Waals surface area contributed by atoms with Crippen LogP contribution in [-0.2, 0) is 11.2 Å². The maximum atomic E-state index is 5.47. The molecule has 2 aliphatic heterocycles. The van der Waals surface area contributed by atoms with Crippen LogP contribution in [0.5, 0.6) is 0 Å². The molecule has 0 bridgehead atoms. The van der Waals surface area contributed by atoms with E-state index < -0.39 is 0 Å². The molecule has 1 saturated heterocycles. The molecule has 0 amide bonds. The van der Waals surface area contributed by atoms with Gasteiger partial charge < -0.3 is 10.1 Å². The average Bonchev–Trinajstić information content (AvgIpc) is 2.93. The molecule has 3 heteroatoms. The molecule has 1 fully saturated rings. The standard InChI is InChI=1S/C15H22N2O/c1-17(13-7-9-18-11-13)10-15-14-5-3-2-4-12(14)6-8-16-15/h2-5,13,15-16H,6-11H2,1H3. The van der Waals surface area contributed by atoms with Gasteiger partial charge >= 0.3 is 0 Å². The molecule has 2 unspecified atom stereocenters. The predicted octanol–water partition coefficient (Wildman–Crippen LogP) is 1.59. The zero-order chi connectivity index (χ0) is 12.4. The molecule has 98 valence electrons. The van der Waals surface area contributed by atoms with Crippen LogP contribution in [0.25, 0.3) is 0 Å². The Morgan fingerprint density at radius 3 is 3.11 bits per heavy atom. The number of hydrogen-bond donors (Lipinski definition) is 1. The van der Waals surface area contributed by atoms with Crippen LogP contribution in [0, 0.1) is 0 Å². The Kier molecular flexibility index (Phi) is 3.64. The highest BCUT2D eigenvalue weighted by molar-refractivity contribution is 5.32. The van der Waals surface area contributed by atoms with Gasteiger partial charge in [-0.2, -0.15) is 0 Å². The van der Waals surface area contributed by atoms with Gasteiger partial charge in [-0.15, -0.1) is 0 Å². The Morgan fingerprint density at radius 1 is 1.39 bits per heavy atom. The molecule has 2 heterocycles. The van der Waals surface area contributed by atoms with E-state index in [4.69, 9.17) is 4.74 Å². The van der Waals surface area contributed by atoms with Crippen molar-refractivity contribution in [3.05, 3.63) is 35.4 Å². The first-order chi connectivity index (χ1) is 8.84. The van der Waals surface area contributed by atoms with Crippen molar-refractivity contribution < 1.29 is 4.74 Å². The van der Waals surface area contributed by atoms with Crippen LogP contribution < -0.4 is 5.32 Å². The largest absolute Gasteiger partial charge is 0.380 e.